The minimum atomic E-state index is -1.06. The van der Waals surface area contributed by atoms with Crippen LogP contribution in [-0.2, 0) is 4.79 Å². The third-order valence-corrected chi connectivity index (χ3v) is 5.49. The van der Waals surface area contributed by atoms with Crippen molar-refractivity contribution >= 4 is 23.3 Å². The summed E-state index contributed by atoms with van der Waals surface area (Å²) in [6.45, 7) is 1.51. The number of aliphatic carboxylic acids is 1. The van der Waals surface area contributed by atoms with Crippen molar-refractivity contribution in [2.45, 2.75) is 0 Å². The zero-order valence-corrected chi connectivity index (χ0v) is 18.8. The Morgan fingerprint density at radius 3 is 2.50 bits per heavy atom. The minimum absolute atomic E-state index is 0.128. The quantitative estimate of drug-likeness (QED) is 0.519. The molecule has 1 aliphatic rings. The Labute approximate surface area is 197 Å². The number of carbonyl (C=O) groups is 2. The van der Waals surface area contributed by atoms with Gasteiger partial charge in [-0.1, -0.05) is 36.4 Å². The van der Waals surface area contributed by atoms with Gasteiger partial charge < -0.3 is 29.1 Å². The van der Waals surface area contributed by atoms with Gasteiger partial charge in [0.1, 0.15) is 12.4 Å². The molecule has 1 heterocycles. The molecule has 0 saturated heterocycles. The van der Waals surface area contributed by atoms with E-state index < -0.39 is 12.6 Å². The fourth-order valence-electron chi connectivity index (χ4n) is 3.90. The van der Waals surface area contributed by atoms with Gasteiger partial charge in [-0.2, -0.15) is 0 Å². The fourth-order valence-corrected chi connectivity index (χ4v) is 3.90. The monoisotopic (exact) mass is 462 g/mol. The first kappa shape index (κ1) is 23.0. The molecule has 0 atom stereocenters. The number of para-hydroxylation sites is 3. The van der Waals surface area contributed by atoms with Crippen LogP contribution in [0.5, 0.6) is 17.2 Å². The summed E-state index contributed by atoms with van der Waals surface area (Å²) in [6, 6.07) is 21.9. The number of nitrogens with zero attached hydrogens (tertiary/aromatic N) is 2. The molecule has 0 bridgehead atoms. The van der Waals surface area contributed by atoms with E-state index in [2.05, 4.69) is 4.90 Å². The van der Waals surface area contributed by atoms with Crippen LogP contribution < -0.4 is 24.0 Å². The van der Waals surface area contributed by atoms with E-state index in [9.17, 15) is 9.59 Å². The average Bonchev–Trinajstić information content (AvgIpc) is 2.88. The number of amides is 1. The molecule has 4 rings (SSSR count). The van der Waals surface area contributed by atoms with Crippen molar-refractivity contribution in [1.82, 2.24) is 0 Å². The van der Waals surface area contributed by atoms with Crippen LogP contribution in [0.15, 0.2) is 72.8 Å². The summed E-state index contributed by atoms with van der Waals surface area (Å²) in [5.41, 5.74) is 2.06. The van der Waals surface area contributed by atoms with Crippen molar-refractivity contribution in [2.75, 3.05) is 49.8 Å². The SMILES string of the molecule is COc1ccccc1N(CCN1CCOc2c(OCC(=O)O)cccc21)C(=O)c1ccccc1. The summed E-state index contributed by atoms with van der Waals surface area (Å²) in [7, 11) is 1.58. The molecule has 3 aromatic carbocycles. The van der Waals surface area contributed by atoms with Crippen LogP contribution in [0.1, 0.15) is 10.4 Å². The fraction of sp³-hybridized carbons (Fsp3) is 0.231. The second kappa shape index (κ2) is 10.6. The van der Waals surface area contributed by atoms with Gasteiger partial charge in [-0.05, 0) is 36.4 Å². The van der Waals surface area contributed by atoms with E-state index in [1.807, 2.05) is 48.5 Å². The minimum Gasteiger partial charge on any atom is -0.495 e. The zero-order chi connectivity index (χ0) is 23.9. The number of carboxylic acids is 1. The summed E-state index contributed by atoms with van der Waals surface area (Å²) in [5, 5.41) is 8.95. The summed E-state index contributed by atoms with van der Waals surface area (Å²) in [6.07, 6.45) is 0. The maximum Gasteiger partial charge on any atom is 0.341 e. The average molecular weight is 463 g/mol. The van der Waals surface area contributed by atoms with Crippen LogP contribution in [-0.4, -0.2) is 56.9 Å². The molecule has 1 amide bonds. The van der Waals surface area contributed by atoms with E-state index in [-0.39, 0.29) is 5.91 Å². The van der Waals surface area contributed by atoms with Crippen molar-refractivity contribution in [2.24, 2.45) is 0 Å². The number of rotatable bonds is 9. The van der Waals surface area contributed by atoms with Gasteiger partial charge >= 0.3 is 5.97 Å². The second-order valence-electron chi connectivity index (χ2n) is 7.62. The van der Waals surface area contributed by atoms with E-state index in [0.717, 1.165) is 5.69 Å². The van der Waals surface area contributed by atoms with Crippen LogP contribution in [0.2, 0.25) is 0 Å². The Hall–Kier alpha value is -4.20. The Morgan fingerprint density at radius 1 is 1.00 bits per heavy atom. The van der Waals surface area contributed by atoms with Crippen molar-refractivity contribution in [3.05, 3.63) is 78.4 Å². The highest BCUT2D eigenvalue weighted by Gasteiger charge is 2.25. The van der Waals surface area contributed by atoms with Gasteiger partial charge in [0.2, 0.25) is 0 Å². The molecule has 8 nitrogen and oxygen atoms in total. The van der Waals surface area contributed by atoms with E-state index in [1.54, 1.807) is 36.3 Å². The van der Waals surface area contributed by atoms with E-state index in [1.165, 1.54) is 0 Å². The molecule has 8 heteroatoms. The zero-order valence-electron chi connectivity index (χ0n) is 18.8. The standard InChI is InChI=1S/C26H26N2O6/c1-32-22-12-6-5-10-20(22)28(26(31)19-8-3-2-4-9-19)15-14-27-16-17-33-25-21(27)11-7-13-23(25)34-18-24(29)30/h2-13H,14-18H2,1H3,(H,29,30). The van der Waals surface area contributed by atoms with Gasteiger partial charge in [-0.3, -0.25) is 4.79 Å². The first-order valence-electron chi connectivity index (χ1n) is 10.9. The van der Waals surface area contributed by atoms with E-state index >= 15 is 0 Å². The highest BCUT2D eigenvalue weighted by atomic mass is 16.5. The molecule has 0 fully saturated rings. The van der Waals surface area contributed by atoms with Crippen molar-refractivity contribution < 1.29 is 28.9 Å². The number of ether oxygens (including phenoxy) is 3. The molecule has 0 radical (unpaired) electrons. The van der Waals surface area contributed by atoms with Crippen LogP contribution in [0.3, 0.4) is 0 Å². The molecule has 1 N–H and O–H groups in total. The predicted octanol–water partition coefficient (Wildman–Crippen LogP) is 3.70. The van der Waals surface area contributed by atoms with Crippen LogP contribution >= 0.6 is 0 Å². The second-order valence-corrected chi connectivity index (χ2v) is 7.62. The number of carbonyl (C=O) groups excluding carboxylic acids is 1. The summed E-state index contributed by atoms with van der Waals surface area (Å²) in [5.74, 6) is 0.313. The molecular formula is C26H26N2O6. The first-order valence-corrected chi connectivity index (χ1v) is 10.9. The number of methoxy groups -OCH3 is 1. The predicted molar refractivity (Wildman–Crippen MR) is 128 cm³/mol. The van der Waals surface area contributed by atoms with Gasteiger partial charge in [-0.15, -0.1) is 0 Å². The number of carboxylic acid groups (broad SMARTS) is 1. The number of hydrogen-bond acceptors (Lipinski definition) is 6. The number of fused-ring (bicyclic) bond motifs is 1. The molecule has 176 valence electrons. The normalized spacial score (nSPS) is 12.3. The summed E-state index contributed by atoms with van der Waals surface area (Å²) in [4.78, 5) is 28.2. The lowest BCUT2D eigenvalue weighted by molar-refractivity contribution is -0.139. The number of hydrogen-bond donors (Lipinski definition) is 1. The van der Waals surface area contributed by atoms with Crippen LogP contribution in [0.4, 0.5) is 11.4 Å². The van der Waals surface area contributed by atoms with Crippen LogP contribution in [0.25, 0.3) is 0 Å². The van der Waals surface area contributed by atoms with Crippen LogP contribution in [0, 0.1) is 0 Å². The smallest absolute Gasteiger partial charge is 0.341 e. The van der Waals surface area contributed by atoms with Gasteiger partial charge in [0.25, 0.3) is 5.91 Å². The highest BCUT2D eigenvalue weighted by molar-refractivity contribution is 6.06. The van der Waals surface area contributed by atoms with Gasteiger partial charge in [0.15, 0.2) is 18.1 Å². The van der Waals surface area contributed by atoms with Gasteiger partial charge in [0.05, 0.1) is 25.0 Å². The first-order chi connectivity index (χ1) is 16.6. The van der Waals surface area contributed by atoms with Crippen molar-refractivity contribution in [1.29, 1.82) is 0 Å². The third-order valence-electron chi connectivity index (χ3n) is 5.49. The topological polar surface area (TPSA) is 88.5 Å². The molecule has 3 aromatic rings. The van der Waals surface area contributed by atoms with E-state index in [4.69, 9.17) is 19.3 Å². The number of benzene rings is 3. The maximum atomic E-state index is 13.5. The molecule has 0 aliphatic carbocycles. The molecule has 0 aromatic heterocycles. The lowest BCUT2D eigenvalue weighted by Crippen LogP contribution is -2.42. The summed E-state index contributed by atoms with van der Waals surface area (Å²) < 4.78 is 16.7. The van der Waals surface area contributed by atoms with Crippen molar-refractivity contribution in [3.8, 4) is 17.2 Å². The molecule has 0 spiro atoms. The van der Waals surface area contributed by atoms with Crippen molar-refractivity contribution in [3.63, 3.8) is 0 Å². The number of anilines is 2. The Bertz CT molecular complexity index is 1150. The molecular weight excluding hydrogens is 436 g/mol. The molecule has 0 unspecified atom stereocenters. The summed E-state index contributed by atoms with van der Waals surface area (Å²) >= 11 is 0. The molecule has 1 aliphatic heterocycles. The molecule has 34 heavy (non-hydrogen) atoms. The van der Waals surface area contributed by atoms with Gasteiger partial charge in [-0.25, -0.2) is 4.79 Å². The Balaban J connectivity index is 1.60. The van der Waals surface area contributed by atoms with E-state index in [0.29, 0.717) is 54.7 Å². The highest BCUT2D eigenvalue weighted by Crippen LogP contribution is 2.40. The Kier molecular flexibility index (Phi) is 7.17. The molecule has 0 saturated carbocycles. The van der Waals surface area contributed by atoms with Gasteiger partial charge in [0, 0.05) is 18.7 Å². The largest absolute Gasteiger partial charge is 0.495 e. The lowest BCUT2D eigenvalue weighted by atomic mass is 10.1. The maximum absolute atomic E-state index is 13.5. The Morgan fingerprint density at radius 2 is 1.74 bits per heavy atom. The lowest BCUT2D eigenvalue weighted by Gasteiger charge is -2.34. The third kappa shape index (κ3) is 5.06.